The number of hydrogen-bond acceptors (Lipinski definition) is 9. The van der Waals surface area contributed by atoms with Crippen LogP contribution in [0.25, 0.3) is 0 Å². The van der Waals surface area contributed by atoms with Gasteiger partial charge in [0.1, 0.15) is 5.03 Å². The molecule has 3 atom stereocenters. The van der Waals surface area contributed by atoms with Crippen LogP contribution in [0.3, 0.4) is 0 Å². The van der Waals surface area contributed by atoms with Crippen molar-refractivity contribution in [1.82, 2.24) is 4.98 Å². The first-order valence-electron chi connectivity index (χ1n) is 16.1. The highest BCUT2D eigenvalue weighted by molar-refractivity contribution is 7.99. The van der Waals surface area contributed by atoms with Crippen LogP contribution in [0.2, 0.25) is 0 Å². The molecule has 0 saturated carbocycles. The van der Waals surface area contributed by atoms with Crippen LogP contribution in [-0.2, 0) is 25.7 Å². The Morgan fingerprint density at radius 2 is 1.61 bits per heavy atom. The van der Waals surface area contributed by atoms with Crippen LogP contribution < -0.4 is 16.4 Å². The quantitative estimate of drug-likeness (QED) is 0.0514. The zero-order valence-corrected chi connectivity index (χ0v) is 27.7. The summed E-state index contributed by atoms with van der Waals surface area (Å²) in [4.78, 5) is 41.0. The van der Waals surface area contributed by atoms with E-state index in [0.29, 0.717) is 59.9 Å². The van der Waals surface area contributed by atoms with Gasteiger partial charge in [-0.2, -0.15) is 0 Å². The van der Waals surface area contributed by atoms with Gasteiger partial charge in [0.25, 0.3) is 0 Å². The summed E-state index contributed by atoms with van der Waals surface area (Å²) in [6.07, 6.45) is 3.37. The largest absolute Gasteiger partial charge is 0.478 e. The van der Waals surface area contributed by atoms with Crippen LogP contribution in [-0.4, -0.2) is 44.8 Å². The zero-order valence-electron chi connectivity index (χ0n) is 26.9. The molecule has 4 aromatic rings. The number of unbranched alkanes of at least 4 members (excludes halogenated alkanes) is 2. The standard InChI is InChI=1S/C37H40N4O7S/c38-30-11-4-5-12-31(30)41-34(44)14-3-1-2-13-33(43)40-27-9-6-8-26(20-27)37-47-28(23-49-35-29(36(45)46)10-7-19-39-35)21-32(48-37)25-17-15-24(22-42)16-18-25/h4-12,15-20,28,32,37,42H,1-3,13-14,21-23,38H2,(H,40,43)(H,41,44)(H,45,46)/t28-,32+,37+/m0/s1. The number of aliphatic hydroxyl groups is 1. The van der Waals surface area contributed by atoms with E-state index in [2.05, 4.69) is 15.6 Å². The molecule has 11 nitrogen and oxygen atoms in total. The van der Waals surface area contributed by atoms with Gasteiger partial charge in [-0.25, -0.2) is 9.78 Å². The summed E-state index contributed by atoms with van der Waals surface area (Å²) in [5.74, 6) is -0.844. The Hall–Kier alpha value is -4.75. The number of nitrogen functional groups attached to an aromatic ring is 1. The number of aromatic nitrogens is 1. The molecule has 1 aliphatic heterocycles. The van der Waals surface area contributed by atoms with Gasteiger partial charge in [-0.05, 0) is 60.4 Å². The van der Waals surface area contributed by atoms with Crippen LogP contribution in [0.1, 0.15) is 78.0 Å². The molecule has 49 heavy (non-hydrogen) atoms. The number of carbonyl (C=O) groups excluding carboxylic acids is 2. The number of benzene rings is 3. The maximum atomic E-state index is 12.8. The van der Waals surface area contributed by atoms with Crippen LogP contribution in [0.4, 0.5) is 17.1 Å². The molecule has 0 aliphatic carbocycles. The Kier molecular flexibility index (Phi) is 12.8. The second kappa shape index (κ2) is 17.6. The number of aliphatic hydroxyl groups excluding tert-OH is 1. The van der Waals surface area contributed by atoms with Gasteiger partial charge >= 0.3 is 5.97 Å². The van der Waals surface area contributed by atoms with Crippen LogP contribution in [0.15, 0.2) is 96.2 Å². The highest BCUT2D eigenvalue weighted by Crippen LogP contribution is 2.40. The number of nitrogens with two attached hydrogens (primary N) is 1. The Balaban J connectivity index is 1.17. The molecule has 0 bridgehead atoms. The average molecular weight is 685 g/mol. The van der Waals surface area contributed by atoms with E-state index in [-0.39, 0.29) is 36.2 Å². The van der Waals surface area contributed by atoms with E-state index in [0.717, 1.165) is 23.1 Å². The minimum absolute atomic E-state index is 0.0624. The van der Waals surface area contributed by atoms with Gasteiger partial charge in [-0.3, -0.25) is 9.59 Å². The van der Waals surface area contributed by atoms with Gasteiger partial charge in [-0.15, -0.1) is 11.8 Å². The lowest BCUT2D eigenvalue weighted by molar-refractivity contribution is -0.245. The fourth-order valence-electron chi connectivity index (χ4n) is 5.42. The number of thioether (sulfide) groups is 1. The predicted molar refractivity (Wildman–Crippen MR) is 188 cm³/mol. The second-order valence-corrected chi connectivity index (χ2v) is 12.7. The summed E-state index contributed by atoms with van der Waals surface area (Å²) >= 11 is 1.32. The third-order valence-corrected chi connectivity index (χ3v) is 9.14. The third-order valence-electron chi connectivity index (χ3n) is 8.01. The third kappa shape index (κ3) is 10.4. The van der Waals surface area contributed by atoms with Crippen molar-refractivity contribution in [3.63, 3.8) is 0 Å². The number of carboxylic acids is 1. The normalized spacial score (nSPS) is 17.3. The molecule has 0 radical (unpaired) electrons. The van der Waals surface area contributed by atoms with Gasteiger partial charge < -0.3 is 36.1 Å². The minimum Gasteiger partial charge on any atom is -0.478 e. The number of nitrogens with zero attached hydrogens (tertiary/aromatic N) is 1. The van der Waals surface area contributed by atoms with Crippen molar-refractivity contribution in [3.05, 3.63) is 113 Å². The van der Waals surface area contributed by atoms with E-state index < -0.39 is 12.3 Å². The Bertz CT molecular complexity index is 1740. The van der Waals surface area contributed by atoms with Crippen molar-refractivity contribution in [2.75, 3.05) is 22.1 Å². The van der Waals surface area contributed by atoms with Crippen molar-refractivity contribution in [2.24, 2.45) is 0 Å². The zero-order chi connectivity index (χ0) is 34.6. The number of ether oxygens (including phenoxy) is 2. The first-order chi connectivity index (χ1) is 23.8. The SMILES string of the molecule is Nc1ccccc1NC(=O)CCCCCC(=O)Nc1cccc([C@@H]2O[C@H](CSc3ncccc3C(=O)O)C[C@H](c3ccc(CO)cc3)O2)c1. The molecule has 256 valence electrons. The number of rotatable bonds is 15. The molecule has 0 unspecified atom stereocenters. The molecule has 1 aliphatic rings. The van der Waals surface area contributed by atoms with Gasteiger partial charge in [0, 0.05) is 42.5 Å². The van der Waals surface area contributed by atoms with Gasteiger partial charge in [-0.1, -0.05) is 55.0 Å². The molecule has 2 amide bonds. The number of nitrogens with one attached hydrogen (secondary N) is 2. The number of aromatic carboxylic acids is 1. The molecule has 1 fully saturated rings. The summed E-state index contributed by atoms with van der Waals surface area (Å²) in [5.41, 5.74) is 10.2. The summed E-state index contributed by atoms with van der Waals surface area (Å²) in [5, 5.41) is 25.3. The lowest BCUT2D eigenvalue weighted by atomic mass is 10.0. The number of anilines is 3. The Morgan fingerprint density at radius 1 is 0.857 bits per heavy atom. The van der Waals surface area contributed by atoms with Crippen molar-refractivity contribution < 1.29 is 34.1 Å². The van der Waals surface area contributed by atoms with Crippen molar-refractivity contribution in [2.45, 2.75) is 68.7 Å². The number of pyridine rings is 1. The van der Waals surface area contributed by atoms with Gasteiger partial charge in [0.15, 0.2) is 6.29 Å². The Labute approximate surface area is 289 Å². The van der Waals surface area contributed by atoms with E-state index in [1.807, 2.05) is 54.6 Å². The smallest absolute Gasteiger partial charge is 0.338 e. The molecule has 5 rings (SSSR count). The molecular formula is C37H40N4O7S. The van der Waals surface area contributed by atoms with Crippen molar-refractivity contribution in [3.8, 4) is 0 Å². The summed E-state index contributed by atoms with van der Waals surface area (Å²) in [7, 11) is 0. The van der Waals surface area contributed by atoms with E-state index in [4.69, 9.17) is 15.2 Å². The molecule has 12 heteroatoms. The number of hydrogen-bond donors (Lipinski definition) is 5. The van der Waals surface area contributed by atoms with Gasteiger partial charge in [0.2, 0.25) is 11.8 Å². The average Bonchev–Trinajstić information content (AvgIpc) is 3.11. The van der Waals surface area contributed by atoms with E-state index in [1.54, 1.807) is 30.5 Å². The lowest BCUT2D eigenvalue weighted by Crippen LogP contribution is -2.31. The Morgan fingerprint density at radius 3 is 2.35 bits per heavy atom. The molecule has 3 aromatic carbocycles. The van der Waals surface area contributed by atoms with Crippen molar-refractivity contribution >= 4 is 46.6 Å². The van der Waals surface area contributed by atoms with Crippen LogP contribution in [0.5, 0.6) is 0 Å². The lowest BCUT2D eigenvalue weighted by Gasteiger charge is -2.36. The topological polar surface area (TPSA) is 173 Å². The number of para-hydroxylation sites is 2. The fraction of sp³-hybridized carbons (Fsp3) is 0.297. The predicted octanol–water partition coefficient (Wildman–Crippen LogP) is 6.72. The van der Waals surface area contributed by atoms with E-state index >= 15 is 0 Å². The van der Waals surface area contributed by atoms with E-state index in [9.17, 15) is 24.6 Å². The maximum absolute atomic E-state index is 12.8. The summed E-state index contributed by atoms with van der Waals surface area (Å²) < 4.78 is 12.8. The van der Waals surface area contributed by atoms with Crippen molar-refractivity contribution in [1.29, 1.82) is 0 Å². The molecular weight excluding hydrogens is 644 g/mol. The monoisotopic (exact) mass is 684 g/mol. The number of carbonyl (C=O) groups is 3. The molecule has 2 heterocycles. The number of carboxylic acid groups (broad SMARTS) is 1. The van der Waals surface area contributed by atoms with E-state index in [1.165, 1.54) is 17.8 Å². The molecule has 1 saturated heterocycles. The number of amides is 2. The first kappa shape index (κ1) is 35.6. The first-order valence-corrected chi connectivity index (χ1v) is 17.1. The molecule has 6 N–H and O–H groups in total. The molecule has 1 aromatic heterocycles. The van der Waals surface area contributed by atoms with Gasteiger partial charge in [0.05, 0.1) is 35.8 Å². The highest BCUT2D eigenvalue weighted by atomic mass is 32.2. The fourth-order valence-corrected chi connectivity index (χ4v) is 6.43. The molecule has 0 spiro atoms. The van der Waals surface area contributed by atoms with Crippen LogP contribution >= 0.6 is 11.8 Å². The van der Waals surface area contributed by atoms with Crippen LogP contribution in [0, 0.1) is 0 Å². The maximum Gasteiger partial charge on any atom is 0.338 e. The highest BCUT2D eigenvalue weighted by Gasteiger charge is 2.33. The summed E-state index contributed by atoms with van der Waals surface area (Å²) in [6.45, 7) is -0.0624. The second-order valence-electron chi connectivity index (χ2n) is 11.7. The summed E-state index contributed by atoms with van der Waals surface area (Å²) in [6, 6.07) is 25.1. The minimum atomic E-state index is -1.04.